The van der Waals surface area contributed by atoms with Crippen LogP contribution in [0.4, 0.5) is 29.5 Å². The van der Waals surface area contributed by atoms with E-state index in [1.165, 1.54) is 48.8 Å². The molecule has 1 unspecified atom stereocenters. The largest absolute Gasteiger partial charge is 0.424 e. The summed E-state index contributed by atoms with van der Waals surface area (Å²) in [5.41, 5.74) is 5.85. The van der Waals surface area contributed by atoms with E-state index in [4.69, 9.17) is 22.1 Å². The number of nitrogens with two attached hydrogens (primary N) is 1. The lowest BCUT2D eigenvalue weighted by atomic mass is 9.99. The van der Waals surface area contributed by atoms with Gasteiger partial charge in [-0.3, -0.25) is 0 Å². The van der Waals surface area contributed by atoms with Crippen LogP contribution in [0.3, 0.4) is 0 Å². The lowest BCUT2D eigenvalue weighted by Crippen LogP contribution is -2.34. The average molecular weight is 579 g/mol. The fourth-order valence-corrected chi connectivity index (χ4v) is 4.40. The number of nitrogen functional groups attached to an aromatic ring is 1. The first-order chi connectivity index (χ1) is 18.4. The molecule has 0 bridgehead atoms. The molecule has 1 aromatic carbocycles. The standard InChI is InChI=1S/C24H18ClF3N6O4S/c1-12-19(7-15(25)8-20(12)39(36)37)34-22(35)33-16-10-31-23(32-11-16)38-17-4-2-13(3-5-17)18-6-14(24(26,27)28)9-30-21(18)29/h2-12H,1H3,(H2,29,30)(H2,33,34,35). The van der Waals surface area contributed by atoms with Crippen molar-refractivity contribution in [3.05, 3.63) is 77.4 Å². The van der Waals surface area contributed by atoms with Gasteiger partial charge < -0.3 is 21.1 Å². The number of alkyl halides is 3. The van der Waals surface area contributed by atoms with Crippen LogP contribution in [0.5, 0.6) is 11.8 Å². The number of halogens is 4. The van der Waals surface area contributed by atoms with Crippen molar-refractivity contribution in [2.45, 2.75) is 13.1 Å². The fourth-order valence-electron chi connectivity index (χ4n) is 3.46. The first-order valence-corrected chi connectivity index (χ1v) is 12.4. The maximum atomic E-state index is 13.0. The van der Waals surface area contributed by atoms with Crippen LogP contribution in [0.15, 0.2) is 71.8 Å². The molecule has 0 fully saturated rings. The van der Waals surface area contributed by atoms with E-state index in [0.29, 0.717) is 17.5 Å². The van der Waals surface area contributed by atoms with Crippen LogP contribution in [0.25, 0.3) is 11.1 Å². The zero-order valence-corrected chi connectivity index (χ0v) is 21.4. The van der Waals surface area contributed by atoms with Crippen LogP contribution in [-0.4, -0.2) is 34.3 Å². The molecule has 1 aliphatic rings. The average Bonchev–Trinajstić information content (AvgIpc) is 2.87. The molecule has 0 aliphatic heterocycles. The maximum absolute atomic E-state index is 13.0. The van der Waals surface area contributed by atoms with E-state index in [1.807, 2.05) is 0 Å². The quantitative estimate of drug-likeness (QED) is 0.367. The summed E-state index contributed by atoms with van der Waals surface area (Å²) in [5, 5.41) is 5.21. The van der Waals surface area contributed by atoms with Gasteiger partial charge in [-0.25, -0.2) is 19.7 Å². The highest BCUT2D eigenvalue weighted by atomic mass is 35.5. The highest BCUT2D eigenvalue weighted by Gasteiger charge is 2.31. The molecule has 39 heavy (non-hydrogen) atoms. The number of carbonyl (C=O) groups excluding carboxylic acids is 1. The molecule has 2 amide bonds. The maximum Gasteiger partial charge on any atom is 0.417 e. The molecule has 2 heterocycles. The van der Waals surface area contributed by atoms with Crippen LogP contribution in [-0.2, 0) is 16.5 Å². The number of urea groups is 1. The molecule has 1 atom stereocenters. The van der Waals surface area contributed by atoms with E-state index < -0.39 is 34.0 Å². The number of hydrogen-bond acceptors (Lipinski definition) is 8. The topological polar surface area (TPSA) is 149 Å². The predicted molar refractivity (Wildman–Crippen MR) is 138 cm³/mol. The van der Waals surface area contributed by atoms with Gasteiger partial charge in [-0.15, -0.1) is 0 Å². The molecule has 0 spiro atoms. The third-order valence-corrected chi connectivity index (χ3v) is 6.50. The first-order valence-electron chi connectivity index (χ1n) is 11.0. The second-order valence-electron chi connectivity index (χ2n) is 8.10. The molecule has 10 nitrogen and oxygen atoms in total. The van der Waals surface area contributed by atoms with Gasteiger partial charge in [0.1, 0.15) is 11.6 Å². The Morgan fingerprint density at radius 2 is 1.72 bits per heavy atom. The van der Waals surface area contributed by atoms with Crippen LogP contribution in [0.1, 0.15) is 12.5 Å². The summed E-state index contributed by atoms with van der Waals surface area (Å²) < 4.78 is 67.4. The summed E-state index contributed by atoms with van der Waals surface area (Å²) in [6.45, 7) is 1.60. The Kier molecular flexibility index (Phi) is 7.88. The summed E-state index contributed by atoms with van der Waals surface area (Å²) in [5.74, 6) is -0.377. The summed E-state index contributed by atoms with van der Waals surface area (Å²) in [6, 6.07) is 6.20. The zero-order chi connectivity index (χ0) is 28.3. The van der Waals surface area contributed by atoms with E-state index in [9.17, 15) is 26.4 Å². The fraction of sp³-hybridized carbons (Fsp3) is 0.125. The smallest absolute Gasteiger partial charge is 0.417 e. The van der Waals surface area contributed by atoms with Crippen molar-refractivity contribution >= 4 is 44.3 Å². The molecule has 4 rings (SSSR count). The number of amides is 2. The third-order valence-electron chi connectivity index (χ3n) is 5.42. The van der Waals surface area contributed by atoms with Crippen molar-refractivity contribution in [2.75, 3.05) is 11.1 Å². The van der Waals surface area contributed by atoms with Crippen LogP contribution in [0, 0.1) is 5.92 Å². The van der Waals surface area contributed by atoms with Gasteiger partial charge in [-0.2, -0.15) is 21.6 Å². The number of nitrogens with zero attached hydrogens (tertiary/aromatic N) is 3. The monoisotopic (exact) mass is 578 g/mol. The lowest BCUT2D eigenvalue weighted by molar-refractivity contribution is -0.137. The number of rotatable bonds is 5. The van der Waals surface area contributed by atoms with Crippen LogP contribution < -0.4 is 21.1 Å². The summed E-state index contributed by atoms with van der Waals surface area (Å²) in [6.07, 6.45) is 1.41. The molecular weight excluding hydrogens is 561 g/mol. The molecule has 0 saturated carbocycles. The molecule has 4 N–H and O–H groups in total. The Morgan fingerprint density at radius 1 is 1.05 bits per heavy atom. The van der Waals surface area contributed by atoms with E-state index in [0.717, 1.165) is 6.07 Å². The molecule has 0 saturated heterocycles. The van der Waals surface area contributed by atoms with Gasteiger partial charge in [0.2, 0.25) is 10.3 Å². The van der Waals surface area contributed by atoms with Crippen molar-refractivity contribution in [2.24, 2.45) is 5.92 Å². The molecule has 1 aliphatic carbocycles. The van der Waals surface area contributed by atoms with Gasteiger partial charge in [-0.05, 0) is 35.9 Å². The third kappa shape index (κ3) is 6.72. The van der Waals surface area contributed by atoms with Gasteiger partial charge in [-0.1, -0.05) is 30.7 Å². The first kappa shape index (κ1) is 27.6. The number of pyridine rings is 1. The number of carbonyl (C=O) groups is 1. The van der Waals surface area contributed by atoms with E-state index in [2.05, 4.69) is 25.6 Å². The zero-order valence-electron chi connectivity index (χ0n) is 19.8. The number of aromatic nitrogens is 3. The van der Waals surface area contributed by atoms with Gasteiger partial charge in [0.25, 0.3) is 0 Å². The van der Waals surface area contributed by atoms with Crippen molar-refractivity contribution in [1.29, 1.82) is 0 Å². The minimum absolute atomic E-state index is 0.0330. The Hall–Kier alpha value is -4.43. The number of ether oxygens (including phenoxy) is 1. The Balaban J connectivity index is 1.39. The molecule has 0 radical (unpaired) electrons. The summed E-state index contributed by atoms with van der Waals surface area (Å²) >= 11 is 5.95. The number of nitrogens with one attached hydrogen (secondary N) is 2. The molecule has 3 aromatic rings. The van der Waals surface area contributed by atoms with Gasteiger partial charge >= 0.3 is 18.2 Å². The number of allylic oxidation sites excluding steroid dienone is 4. The molecular formula is C24H18ClF3N6O4S. The molecule has 2 aromatic heterocycles. The predicted octanol–water partition coefficient (Wildman–Crippen LogP) is 4.76. The van der Waals surface area contributed by atoms with Gasteiger partial charge in [0.05, 0.1) is 28.5 Å². The Bertz CT molecular complexity index is 1610. The highest BCUT2D eigenvalue weighted by molar-refractivity contribution is 7.73. The van der Waals surface area contributed by atoms with Crippen molar-refractivity contribution in [3.63, 3.8) is 0 Å². The SMILES string of the molecule is CC1C(NC(=O)Nc2cnc(Oc3ccc(-c4cc(C(F)(F)F)cnc4N)cc3)nc2)=CC(Cl)=CC1=S(=O)=O. The van der Waals surface area contributed by atoms with E-state index >= 15 is 0 Å². The van der Waals surface area contributed by atoms with Crippen molar-refractivity contribution in [1.82, 2.24) is 20.3 Å². The number of benzene rings is 1. The normalized spacial score (nSPS) is 15.2. The van der Waals surface area contributed by atoms with Crippen molar-refractivity contribution in [3.8, 4) is 22.9 Å². The van der Waals surface area contributed by atoms with Crippen LogP contribution >= 0.6 is 11.6 Å². The minimum Gasteiger partial charge on any atom is -0.424 e. The highest BCUT2D eigenvalue weighted by Crippen LogP contribution is 2.34. The lowest BCUT2D eigenvalue weighted by Gasteiger charge is -2.20. The van der Waals surface area contributed by atoms with Gasteiger partial charge in [0.15, 0.2) is 0 Å². The Morgan fingerprint density at radius 3 is 2.33 bits per heavy atom. The minimum atomic E-state index is -4.56. The van der Waals surface area contributed by atoms with Gasteiger partial charge in [0, 0.05) is 28.4 Å². The second-order valence-corrected chi connectivity index (χ2v) is 9.48. The number of hydrogen-bond donors (Lipinski definition) is 3. The van der Waals surface area contributed by atoms with E-state index in [1.54, 1.807) is 6.92 Å². The Labute approximate surface area is 225 Å². The van der Waals surface area contributed by atoms with Crippen molar-refractivity contribution < 1.29 is 31.1 Å². The second kappa shape index (κ2) is 11.1. The summed E-state index contributed by atoms with van der Waals surface area (Å²) in [7, 11) is -2.50. The molecule has 15 heteroatoms. The van der Waals surface area contributed by atoms with Crippen LogP contribution in [0.2, 0.25) is 0 Å². The van der Waals surface area contributed by atoms with E-state index in [-0.39, 0.29) is 38.7 Å². The summed E-state index contributed by atoms with van der Waals surface area (Å²) in [4.78, 5) is 24.1. The molecule has 202 valence electrons. The number of anilines is 2.